The maximum Gasteiger partial charge on any atom is 0.239 e. The molecule has 1 atom stereocenters. The van der Waals surface area contributed by atoms with Gasteiger partial charge in [0.2, 0.25) is 5.91 Å². The molecule has 0 saturated carbocycles. The van der Waals surface area contributed by atoms with Gasteiger partial charge in [-0.3, -0.25) is 9.69 Å². The van der Waals surface area contributed by atoms with Crippen molar-refractivity contribution in [2.75, 3.05) is 20.6 Å². The molecule has 4 rings (SSSR count). The van der Waals surface area contributed by atoms with Crippen molar-refractivity contribution in [2.45, 2.75) is 25.4 Å². The zero-order valence-corrected chi connectivity index (χ0v) is 15.3. The van der Waals surface area contributed by atoms with Crippen LogP contribution in [-0.2, 0) is 11.3 Å². The molecule has 0 bridgehead atoms. The van der Waals surface area contributed by atoms with Crippen molar-refractivity contribution < 1.29 is 4.79 Å². The SMILES string of the molecule is CN(C)C(=O)C1CCCN1Cc1c(-c2ccccc2)nc2ccccn12. The van der Waals surface area contributed by atoms with Gasteiger partial charge in [0.15, 0.2) is 0 Å². The Bertz CT molecular complexity index is 916. The fourth-order valence-electron chi connectivity index (χ4n) is 3.81. The van der Waals surface area contributed by atoms with Crippen molar-refractivity contribution in [2.24, 2.45) is 0 Å². The first kappa shape index (κ1) is 16.8. The number of hydrogen-bond acceptors (Lipinski definition) is 3. The van der Waals surface area contributed by atoms with Gasteiger partial charge in [0.1, 0.15) is 5.65 Å². The van der Waals surface area contributed by atoms with Gasteiger partial charge in [-0.2, -0.15) is 0 Å². The van der Waals surface area contributed by atoms with Crippen molar-refractivity contribution in [3.05, 3.63) is 60.4 Å². The lowest BCUT2D eigenvalue weighted by Crippen LogP contribution is -2.42. The monoisotopic (exact) mass is 348 g/mol. The fraction of sp³-hybridized carbons (Fsp3) is 0.333. The molecule has 0 spiro atoms. The van der Waals surface area contributed by atoms with Crippen LogP contribution in [0.5, 0.6) is 0 Å². The summed E-state index contributed by atoms with van der Waals surface area (Å²) in [6.45, 7) is 1.66. The summed E-state index contributed by atoms with van der Waals surface area (Å²) < 4.78 is 2.15. The number of rotatable bonds is 4. The average molecular weight is 348 g/mol. The third kappa shape index (κ3) is 2.99. The van der Waals surface area contributed by atoms with Crippen molar-refractivity contribution in [1.82, 2.24) is 19.2 Å². The fourth-order valence-corrected chi connectivity index (χ4v) is 3.81. The van der Waals surface area contributed by atoms with E-state index in [0.29, 0.717) is 0 Å². The molecule has 0 aliphatic carbocycles. The van der Waals surface area contributed by atoms with Crippen molar-refractivity contribution >= 4 is 11.6 Å². The van der Waals surface area contributed by atoms with Gasteiger partial charge in [0, 0.05) is 32.4 Å². The second kappa shape index (κ2) is 6.92. The first-order chi connectivity index (χ1) is 12.6. The Balaban J connectivity index is 1.75. The molecule has 2 aromatic heterocycles. The standard InChI is InChI=1S/C21H24N4O/c1-23(2)21(26)17-11-8-13-24(17)15-18-20(16-9-4-3-5-10-16)22-19-12-6-7-14-25(18)19/h3-7,9-10,12,14,17H,8,11,13,15H2,1-2H3. The molecule has 1 unspecified atom stereocenters. The molecule has 0 N–H and O–H groups in total. The summed E-state index contributed by atoms with van der Waals surface area (Å²) in [6, 6.07) is 16.3. The van der Waals surface area contributed by atoms with Gasteiger partial charge < -0.3 is 9.30 Å². The highest BCUT2D eigenvalue weighted by Gasteiger charge is 2.32. The van der Waals surface area contributed by atoms with E-state index in [1.54, 1.807) is 4.90 Å². The summed E-state index contributed by atoms with van der Waals surface area (Å²) in [5, 5.41) is 0. The summed E-state index contributed by atoms with van der Waals surface area (Å²) in [6.07, 6.45) is 4.04. The first-order valence-electron chi connectivity index (χ1n) is 9.12. The number of nitrogens with zero attached hydrogens (tertiary/aromatic N) is 4. The summed E-state index contributed by atoms with van der Waals surface area (Å²) in [5.41, 5.74) is 4.20. The lowest BCUT2D eigenvalue weighted by molar-refractivity contribution is -0.133. The van der Waals surface area contributed by atoms with Gasteiger partial charge in [-0.25, -0.2) is 4.98 Å². The molecule has 5 heteroatoms. The summed E-state index contributed by atoms with van der Waals surface area (Å²) >= 11 is 0. The first-order valence-corrected chi connectivity index (χ1v) is 9.12. The van der Waals surface area contributed by atoms with Crippen LogP contribution in [0.3, 0.4) is 0 Å². The second-order valence-corrected chi connectivity index (χ2v) is 7.06. The normalized spacial score (nSPS) is 17.7. The van der Waals surface area contributed by atoms with Crippen molar-refractivity contribution in [3.8, 4) is 11.3 Å². The maximum atomic E-state index is 12.6. The molecular formula is C21H24N4O. The molecule has 26 heavy (non-hydrogen) atoms. The number of likely N-dealkylation sites (tertiary alicyclic amines) is 1. The van der Waals surface area contributed by atoms with Crippen molar-refractivity contribution in [1.29, 1.82) is 0 Å². The summed E-state index contributed by atoms with van der Waals surface area (Å²) in [5.74, 6) is 0.192. The van der Waals surface area contributed by atoms with E-state index in [4.69, 9.17) is 4.98 Å². The molecule has 0 radical (unpaired) electrons. The number of benzene rings is 1. The highest BCUT2D eigenvalue weighted by Crippen LogP contribution is 2.28. The minimum atomic E-state index is -0.0390. The third-order valence-corrected chi connectivity index (χ3v) is 5.12. The summed E-state index contributed by atoms with van der Waals surface area (Å²) in [7, 11) is 3.67. The van der Waals surface area contributed by atoms with Crippen LogP contribution in [0.4, 0.5) is 0 Å². The van der Waals surface area contributed by atoms with Crippen LogP contribution >= 0.6 is 0 Å². The van der Waals surface area contributed by atoms with Crippen LogP contribution < -0.4 is 0 Å². The number of pyridine rings is 1. The second-order valence-electron chi connectivity index (χ2n) is 7.06. The number of fused-ring (bicyclic) bond motifs is 1. The van der Waals surface area contributed by atoms with E-state index < -0.39 is 0 Å². The Hall–Kier alpha value is -2.66. The Kier molecular flexibility index (Phi) is 4.47. The molecule has 1 aliphatic heterocycles. The van der Waals surface area contributed by atoms with Crippen LogP contribution in [-0.4, -0.2) is 51.8 Å². The van der Waals surface area contributed by atoms with Gasteiger partial charge in [-0.15, -0.1) is 0 Å². The van der Waals surface area contributed by atoms with Gasteiger partial charge in [0.25, 0.3) is 0 Å². The van der Waals surface area contributed by atoms with E-state index in [1.165, 1.54) is 0 Å². The van der Waals surface area contributed by atoms with Crippen LogP contribution in [0.15, 0.2) is 54.7 Å². The topological polar surface area (TPSA) is 40.9 Å². The predicted octanol–water partition coefficient (Wildman–Crippen LogP) is 3.05. The molecular weight excluding hydrogens is 324 g/mol. The third-order valence-electron chi connectivity index (χ3n) is 5.12. The Labute approximate surface area is 153 Å². The van der Waals surface area contributed by atoms with E-state index in [1.807, 2.05) is 50.5 Å². The molecule has 3 aromatic rings. The number of likely N-dealkylation sites (N-methyl/N-ethyl adjacent to an activating group) is 1. The molecule has 1 saturated heterocycles. The number of imidazole rings is 1. The molecule has 1 amide bonds. The molecule has 5 nitrogen and oxygen atoms in total. The van der Waals surface area contributed by atoms with E-state index in [2.05, 4.69) is 27.6 Å². The van der Waals surface area contributed by atoms with Crippen LogP contribution in [0.2, 0.25) is 0 Å². The molecule has 3 heterocycles. The highest BCUT2D eigenvalue weighted by molar-refractivity contribution is 5.81. The Morgan fingerprint density at radius 3 is 2.69 bits per heavy atom. The Morgan fingerprint density at radius 2 is 1.92 bits per heavy atom. The zero-order chi connectivity index (χ0) is 18.1. The lowest BCUT2D eigenvalue weighted by atomic mass is 10.1. The molecule has 134 valence electrons. The number of carbonyl (C=O) groups is 1. The maximum absolute atomic E-state index is 12.6. The van der Waals surface area contributed by atoms with E-state index in [9.17, 15) is 4.79 Å². The average Bonchev–Trinajstić information content (AvgIpc) is 3.27. The van der Waals surface area contributed by atoms with Crippen LogP contribution in [0.25, 0.3) is 16.9 Å². The van der Waals surface area contributed by atoms with E-state index in [0.717, 1.165) is 48.5 Å². The lowest BCUT2D eigenvalue weighted by Gasteiger charge is -2.26. The van der Waals surface area contributed by atoms with E-state index in [-0.39, 0.29) is 11.9 Å². The number of carbonyl (C=O) groups excluding carboxylic acids is 1. The smallest absolute Gasteiger partial charge is 0.239 e. The molecule has 1 aliphatic rings. The molecule has 1 fully saturated rings. The van der Waals surface area contributed by atoms with Gasteiger partial charge in [-0.05, 0) is 31.5 Å². The van der Waals surface area contributed by atoms with Gasteiger partial charge in [0.05, 0.1) is 17.4 Å². The largest absolute Gasteiger partial charge is 0.347 e. The van der Waals surface area contributed by atoms with E-state index >= 15 is 0 Å². The number of amides is 1. The quantitative estimate of drug-likeness (QED) is 0.728. The van der Waals surface area contributed by atoms with Gasteiger partial charge in [-0.1, -0.05) is 36.4 Å². The zero-order valence-electron chi connectivity index (χ0n) is 15.3. The Morgan fingerprint density at radius 1 is 1.15 bits per heavy atom. The summed E-state index contributed by atoms with van der Waals surface area (Å²) in [4.78, 5) is 21.4. The molecule has 1 aromatic carbocycles. The number of aromatic nitrogens is 2. The van der Waals surface area contributed by atoms with Crippen LogP contribution in [0, 0.1) is 0 Å². The minimum absolute atomic E-state index is 0.0390. The number of hydrogen-bond donors (Lipinski definition) is 0. The van der Waals surface area contributed by atoms with Gasteiger partial charge >= 0.3 is 0 Å². The van der Waals surface area contributed by atoms with Crippen LogP contribution in [0.1, 0.15) is 18.5 Å². The minimum Gasteiger partial charge on any atom is -0.347 e. The predicted molar refractivity (Wildman–Crippen MR) is 103 cm³/mol. The van der Waals surface area contributed by atoms with Crippen molar-refractivity contribution in [3.63, 3.8) is 0 Å². The highest BCUT2D eigenvalue weighted by atomic mass is 16.2.